The summed E-state index contributed by atoms with van der Waals surface area (Å²) in [7, 11) is 0. The molecule has 6 nitrogen and oxygen atoms in total. The number of imidazole rings is 1. The minimum absolute atomic E-state index is 0.156. The highest BCUT2D eigenvalue weighted by Gasteiger charge is 2.08. The molecule has 1 amide bonds. The normalized spacial score (nSPS) is 11.0. The number of aromatic amines is 2. The first-order valence-electron chi connectivity index (χ1n) is 6.47. The fraction of sp³-hybridized carbons (Fsp3) is 0. The van der Waals surface area contributed by atoms with E-state index in [1.807, 2.05) is 30.3 Å². The van der Waals surface area contributed by atoms with Crippen molar-refractivity contribution in [2.24, 2.45) is 0 Å². The molecule has 3 N–H and O–H groups in total. The molecule has 0 aliphatic rings. The quantitative estimate of drug-likeness (QED) is 0.526. The van der Waals surface area contributed by atoms with E-state index in [2.05, 4.69) is 25.5 Å². The van der Waals surface area contributed by atoms with Crippen LogP contribution in [0.3, 0.4) is 0 Å². The first-order chi connectivity index (χ1) is 10.3. The number of hydrogen-bond donors (Lipinski definition) is 3. The second-order valence-corrected chi connectivity index (χ2v) is 4.76. The molecule has 0 unspecified atom stereocenters. The zero-order valence-electron chi connectivity index (χ0n) is 10.9. The molecule has 2 heterocycles. The first kappa shape index (κ1) is 11.7. The fourth-order valence-electron chi connectivity index (χ4n) is 2.30. The number of rotatable bonds is 2. The maximum Gasteiger partial charge on any atom is 0.255 e. The topological polar surface area (TPSA) is 86.5 Å². The van der Waals surface area contributed by atoms with E-state index in [0.717, 1.165) is 27.6 Å². The summed E-state index contributed by atoms with van der Waals surface area (Å²) in [4.78, 5) is 19.5. The number of anilines is 1. The highest BCUT2D eigenvalue weighted by molar-refractivity contribution is 6.06. The van der Waals surface area contributed by atoms with Gasteiger partial charge in [0.05, 0.1) is 29.1 Å². The van der Waals surface area contributed by atoms with Crippen LogP contribution in [0.15, 0.2) is 48.9 Å². The smallest absolute Gasteiger partial charge is 0.255 e. The Kier molecular flexibility index (Phi) is 2.47. The lowest BCUT2D eigenvalue weighted by atomic mass is 10.1. The van der Waals surface area contributed by atoms with Crippen LogP contribution in [-0.2, 0) is 0 Å². The van der Waals surface area contributed by atoms with Gasteiger partial charge in [0, 0.05) is 16.6 Å². The predicted octanol–water partition coefficient (Wildman–Crippen LogP) is 2.69. The van der Waals surface area contributed by atoms with E-state index in [9.17, 15) is 4.79 Å². The van der Waals surface area contributed by atoms with Crippen LogP contribution < -0.4 is 5.32 Å². The van der Waals surface area contributed by atoms with E-state index in [0.29, 0.717) is 5.56 Å². The molecule has 102 valence electrons. The van der Waals surface area contributed by atoms with Gasteiger partial charge in [-0.15, -0.1) is 0 Å². The molecule has 0 aliphatic heterocycles. The number of H-pyrrole nitrogens is 2. The Morgan fingerprint density at radius 2 is 2.05 bits per heavy atom. The molecule has 0 bridgehead atoms. The van der Waals surface area contributed by atoms with E-state index >= 15 is 0 Å². The van der Waals surface area contributed by atoms with Crippen LogP contribution in [0, 0.1) is 0 Å². The fourth-order valence-corrected chi connectivity index (χ4v) is 2.30. The summed E-state index contributed by atoms with van der Waals surface area (Å²) in [6.45, 7) is 0. The van der Waals surface area contributed by atoms with Gasteiger partial charge >= 0.3 is 0 Å². The molecule has 0 saturated carbocycles. The van der Waals surface area contributed by atoms with Crippen LogP contribution in [0.2, 0.25) is 0 Å². The third kappa shape index (κ3) is 2.02. The van der Waals surface area contributed by atoms with Crippen molar-refractivity contribution in [3.8, 4) is 0 Å². The number of aromatic nitrogens is 4. The summed E-state index contributed by atoms with van der Waals surface area (Å²) in [5.41, 5.74) is 3.98. The van der Waals surface area contributed by atoms with Crippen molar-refractivity contribution in [2.75, 3.05) is 5.32 Å². The lowest BCUT2D eigenvalue weighted by Crippen LogP contribution is -2.11. The maximum atomic E-state index is 12.3. The number of amides is 1. The number of carbonyl (C=O) groups excluding carboxylic acids is 1. The number of nitrogens with zero attached hydrogens (tertiary/aromatic N) is 2. The summed E-state index contributed by atoms with van der Waals surface area (Å²) >= 11 is 0. The lowest BCUT2D eigenvalue weighted by molar-refractivity contribution is 0.102. The molecule has 0 radical (unpaired) electrons. The third-order valence-electron chi connectivity index (χ3n) is 3.38. The van der Waals surface area contributed by atoms with E-state index in [1.165, 1.54) is 0 Å². The van der Waals surface area contributed by atoms with Gasteiger partial charge < -0.3 is 10.3 Å². The van der Waals surface area contributed by atoms with Crippen molar-refractivity contribution >= 4 is 33.5 Å². The zero-order valence-corrected chi connectivity index (χ0v) is 10.9. The third-order valence-corrected chi connectivity index (χ3v) is 3.38. The summed E-state index contributed by atoms with van der Waals surface area (Å²) in [5.74, 6) is -0.156. The molecule has 2 aromatic carbocycles. The molecule has 0 fully saturated rings. The first-order valence-corrected chi connectivity index (χ1v) is 6.47. The molecule has 0 spiro atoms. The molecule has 0 atom stereocenters. The zero-order chi connectivity index (χ0) is 14.2. The summed E-state index contributed by atoms with van der Waals surface area (Å²) in [6.07, 6.45) is 3.33. The highest BCUT2D eigenvalue weighted by atomic mass is 16.1. The lowest BCUT2D eigenvalue weighted by Gasteiger charge is -2.05. The number of benzene rings is 2. The van der Waals surface area contributed by atoms with Gasteiger partial charge in [0.1, 0.15) is 0 Å². The number of hydrogen-bond acceptors (Lipinski definition) is 3. The van der Waals surface area contributed by atoms with Crippen LogP contribution >= 0.6 is 0 Å². The Balaban J connectivity index is 1.64. The van der Waals surface area contributed by atoms with Crippen molar-refractivity contribution in [1.82, 2.24) is 20.2 Å². The number of nitrogens with one attached hydrogen (secondary N) is 3. The van der Waals surface area contributed by atoms with Crippen LogP contribution in [0.25, 0.3) is 21.9 Å². The standard InChI is InChI=1S/C15H11N5O/c21-15(9-1-3-12-10(5-9)7-18-20-12)19-11-2-4-13-14(6-11)17-8-16-13/h1-8H,(H,16,17)(H,18,20)(H,19,21). The van der Waals surface area contributed by atoms with Gasteiger partial charge in [-0.05, 0) is 36.4 Å². The molecule has 0 aliphatic carbocycles. The maximum absolute atomic E-state index is 12.3. The molecule has 0 saturated heterocycles. The van der Waals surface area contributed by atoms with Crippen molar-refractivity contribution in [2.45, 2.75) is 0 Å². The summed E-state index contributed by atoms with van der Waals surface area (Å²) < 4.78 is 0. The second-order valence-electron chi connectivity index (χ2n) is 4.76. The van der Waals surface area contributed by atoms with Crippen molar-refractivity contribution in [3.63, 3.8) is 0 Å². The Hall–Kier alpha value is -3.15. The van der Waals surface area contributed by atoms with Gasteiger partial charge in [0.25, 0.3) is 5.91 Å². The van der Waals surface area contributed by atoms with Gasteiger partial charge in [-0.3, -0.25) is 9.89 Å². The van der Waals surface area contributed by atoms with E-state index in [1.54, 1.807) is 18.6 Å². The predicted molar refractivity (Wildman–Crippen MR) is 80.1 cm³/mol. The Bertz CT molecular complexity index is 953. The van der Waals surface area contributed by atoms with Crippen molar-refractivity contribution in [3.05, 3.63) is 54.5 Å². The van der Waals surface area contributed by atoms with Crippen LogP contribution in [0.5, 0.6) is 0 Å². The van der Waals surface area contributed by atoms with Crippen LogP contribution in [0.1, 0.15) is 10.4 Å². The van der Waals surface area contributed by atoms with Gasteiger partial charge in [-0.2, -0.15) is 5.10 Å². The largest absolute Gasteiger partial charge is 0.345 e. The summed E-state index contributed by atoms with van der Waals surface area (Å²) in [5, 5.41) is 10.6. The minimum atomic E-state index is -0.156. The second kappa shape index (κ2) is 4.45. The van der Waals surface area contributed by atoms with Crippen LogP contribution in [-0.4, -0.2) is 26.1 Å². The molecular formula is C15H11N5O. The van der Waals surface area contributed by atoms with E-state index in [-0.39, 0.29) is 5.91 Å². The minimum Gasteiger partial charge on any atom is -0.345 e. The van der Waals surface area contributed by atoms with Gasteiger partial charge in [-0.25, -0.2) is 4.98 Å². The molecule has 4 rings (SSSR count). The Morgan fingerprint density at radius 3 is 3.00 bits per heavy atom. The molecule has 4 aromatic rings. The average molecular weight is 277 g/mol. The summed E-state index contributed by atoms with van der Waals surface area (Å²) in [6, 6.07) is 11.0. The van der Waals surface area contributed by atoms with Gasteiger partial charge in [-0.1, -0.05) is 0 Å². The Labute approximate surface area is 119 Å². The van der Waals surface area contributed by atoms with Crippen molar-refractivity contribution < 1.29 is 4.79 Å². The molecule has 21 heavy (non-hydrogen) atoms. The van der Waals surface area contributed by atoms with E-state index in [4.69, 9.17) is 0 Å². The monoisotopic (exact) mass is 277 g/mol. The van der Waals surface area contributed by atoms with E-state index < -0.39 is 0 Å². The van der Waals surface area contributed by atoms with Gasteiger partial charge in [0.15, 0.2) is 0 Å². The highest BCUT2D eigenvalue weighted by Crippen LogP contribution is 2.18. The SMILES string of the molecule is O=C(Nc1ccc2nc[nH]c2c1)c1ccc2[nH]ncc2c1. The van der Waals surface area contributed by atoms with Gasteiger partial charge in [0.2, 0.25) is 0 Å². The van der Waals surface area contributed by atoms with Crippen LogP contribution in [0.4, 0.5) is 5.69 Å². The number of fused-ring (bicyclic) bond motifs is 2. The molecular weight excluding hydrogens is 266 g/mol. The van der Waals surface area contributed by atoms with Crippen molar-refractivity contribution in [1.29, 1.82) is 0 Å². The molecule has 2 aromatic heterocycles. The molecule has 6 heteroatoms. The average Bonchev–Trinajstić information content (AvgIpc) is 3.14. The number of carbonyl (C=O) groups is 1. The Morgan fingerprint density at radius 1 is 1.10 bits per heavy atom.